The van der Waals surface area contributed by atoms with Crippen LogP contribution in [0.25, 0.3) is 10.1 Å². The molecule has 1 aromatic carbocycles. The van der Waals surface area contributed by atoms with Crippen LogP contribution in [-0.2, 0) is 16.6 Å². The molecule has 0 atom stereocenters. The number of carbonyl (C=O) groups is 1. The van der Waals surface area contributed by atoms with Gasteiger partial charge >= 0.3 is 5.97 Å². The Bertz CT molecular complexity index is 561. The largest absolute Gasteiger partial charge is 0.481 e. The van der Waals surface area contributed by atoms with Gasteiger partial charge < -0.3 is 5.11 Å². The van der Waals surface area contributed by atoms with E-state index >= 15 is 0 Å². The highest BCUT2D eigenvalue weighted by atomic mass is 32.1. The summed E-state index contributed by atoms with van der Waals surface area (Å²) in [6, 6.07) is 6.16. The Morgan fingerprint density at radius 2 is 2.06 bits per heavy atom. The molecule has 0 radical (unpaired) electrons. The summed E-state index contributed by atoms with van der Waals surface area (Å²) in [5.74, 6) is -0.772. The van der Waals surface area contributed by atoms with Gasteiger partial charge in [-0.2, -0.15) is 0 Å². The van der Waals surface area contributed by atoms with E-state index in [0.717, 1.165) is 10.9 Å². The fourth-order valence-electron chi connectivity index (χ4n) is 2.00. The summed E-state index contributed by atoms with van der Waals surface area (Å²) in [4.78, 5) is 10.8. The van der Waals surface area contributed by atoms with Crippen LogP contribution in [0.3, 0.4) is 0 Å². The molecular weight excluding hydrogens is 232 g/mol. The van der Waals surface area contributed by atoms with E-state index in [1.807, 2.05) is 17.5 Å². The second-order valence-electron chi connectivity index (χ2n) is 5.26. The van der Waals surface area contributed by atoms with Crippen molar-refractivity contribution in [1.82, 2.24) is 0 Å². The van der Waals surface area contributed by atoms with Crippen LogP contribution >= 0.6 is 11.3 Å². The summed E-state index contributed by atoms with van der Waals surface area (Å²) >= 11 is 1.65. The molecule has 2 aromatic rings. The first-order valence-corrected chi connectivity index (χ1v) is 6.49. The maximum atomic E-state index is 10.8. The minimum atomic E-state index is -0.772. The quantitative estimate of drug-likeness (QED) is 0.877. The van der Waals surface area contributed by atoms with Crippen molar-refractivity contribution in [3.05, 3.63) is 34.7 Å². The van der Waals surface area contributed by atoms with E-state index < -0.39 is 5.97 Å². The van der Waals surface area contributed by atoms with Gasteiger partial charge in [0.25, 0.3) is 0 Å². The normalized spacial score (nSPS) is 11.9. The monoisotopic (exact) mass is 248 g/mol. The molecule has 0 bridgehead atoms. The minimum absolute atomic E-state index is 0.0882. The molecular formula is C14H16O2S. The van der Waals surface area contributed by atoms with Gasteiger partial charge in [0, 0.05) is 4.70 Å². The average molecular weight is 248 g/mol. The first-order valence-electron chi connectivity index (χ1n) is 5.61. The fourth-order valence-corrected chi connectivity index (χ4v) is 3.30. The number of rotatable bonds is 2. The van der Waals surface area contributed by atoms with Gasteiger partial charge in [0.05, 0.1) is 6.42 Å². The van der Waals surface area contributed by atoms with Crippen LogP contribution in [0.2, 0.25) is 0 Å². The van der Waals surface area contributed by atoms with Gasteiger partial charge in [0.15, 0.2) is 0 Å². The Labute approximate surface area is 105 Å². The van der Waals surface area contributed by atoms with Crippen molar-refractivity contribution in [2.75, 3.05) is 0 Å². The van der Waals surface area contributed by atoms with E-state index in [2.05, 4.69) is 26.8 Å². The predicted molar refractivity (Wildman–Crippen MR) is 71.9 cm³/mol. The van der Waals surface area contributed by atoms with Crippen LogP contribution in [0.5, 0.6) is 0 Å². The Kier molecular flexibility index (Phi) is 2.96. The molecule has 0 amide bonds. The number of carboxylic acids is 1. The summed E-state index contributed by atoms with van der Waals surface area (Å²) in [5, 5.41) is 11.9. The van der Waals surface area contributed by atoms with E-state index in [1.165, 1.54) is 10.3 Å². The summed E-state index contributed by atoms with van der Waals surface area (Å²) < 4.78 is 1.22. The average Bonchev–Trinajstić information content (AvgIpc) is 2.59. The maximum absolute atomic E-state index is 10.8. The molecule has 1 heterocycles. The number of carboxylic acid groups (broad SMARTS) is 1. The molecule has 1 aromatic heterocycles. The fraction of sp³-hybridized carbons (Fsp3) is 0.357. The second kappa shape index (κ2) is 4.15. The molecule has 0 spiro atoms. The van der Waals surface area contributed by atoms with E-state index in [-0.39, 0.29) is 11.8 Å². The van der Waals surface area contributed by atoms with Crippen molar-refractivity contribution in [3.8, 4) is 0 Å². The molecule has 1 N–H and O–H groups in total. The molecule has 2 rings (SSSR count). The third-order valence-corrected chi connectivity index (χ3v) is 3.91. The molecule has 2 nitrogen and oxygen atoms in total. The van der Waals surface area contributed by atoms with Crippen LogP contribution in [0.15, 0.2) is 23.6 Å². The Morgan fingerprint density at radius 3 is 2.65 bits per heavy atom. The lowest BCUT2D eigenvalue weighted by molar-refractivity contribution is -0.136. The zero-order chi connectivity index (χ0) is 12.6. The highest BCUT2D eigenvalue weighted by Crippen LogP contribution is 2.35. The predicted octanol–water partition coefficient (Wildman–Crippen LogP) is 3.83. The Hall–Kier alpha value is -1.35. The van der Waals surface area contributed by atoms with Gasteiger partial charge in [-0.1, -0.05) is 39.0 Å². The number of thiophene rings is 1. The van der Waals surface area contributed by atoms with E-state index in [9.17, 15) is 4.79 Å². The third kappa shape index (κ3) is 2.34. The van der Waals surface area contributed by atoms with Crippen LogP contribution in [-0.4, -0.2) is 11.1 Å². The van der Waals surface area contributed by atoms with Crippen molar-refractivity contribution in [3.63, 3.8) is 0 Å². The second-order valence-corrected chi connectivity index (χ2v) is 6.14. The molecule has 0 unspecified atom stereocenters. The van der Waals surface area contributed by atoms with Crippen molar-refractivity contribution < 1.29 is 9.90 Å². The summed E-state index contributed by atoms with van der Waals surface area (Å²) in [5.41, 5.74) is 2.30. The zero-order valence-electron chi connectivity index (χ0n) is 10.3. The smallest absolute Gasteiger partial charge is 0.307 e. The third-order valence-electron chi connectivity index (χ3n) is 2.83. The summed E-state index contributed by atoms with van der Waals surface area (Å²) in [7, 11) is 0. The van der Waals surface area contributed by atoms with Gasteiger partial charge in [-0.15, -0.1) is 11.3 Å². The Morgan fingerprint density at radius 1 is 1.35 bits per heavy atom. The summed E-state index contributed by atoms with van der Waals surface area (Å²) in [6.45, 7) is 6.54. The molecule has 90 valence electrons. The van der Waals surface area contributed by atoms with Crippen molar-refractivity contribution in [2.24, 2.45) is 0 Å². The summed E-state index contributed by atoms with van der Waals surface area (Å²) in [6.07, 6.45) is 0.105. The first kappa shape index (κ1) is 12.1. The van der Waals surface area contributed by atoms with Crippen molar-refractivity contribution >= 4 is 27.4 Å². The molecule has 0 fully saturated rings. The van der Waals surface area contributed by atoms with E-state index in [4.69, 9.17) is 5.11 Å². The molecule has 0 saturated carbocycles. The van der Waals surface area contributed by atoms with Crippen LogP contribution in [0.4, 0.5) is 0 Å². The van der Waals surface area contributed by atoms with Gasteiger partial charge in [-0.25, -0.2) is 0 Å². The molecule has 0 aliphatic rings. The Balaban J connectivity index is 2.61. The lowest BCUT2D eigenvalue weighted by atomic mass is 9.86. The number of fused-ring (bicyclic) bond motifs is 1. The standard InChI is InChI=1S/C14H16O2S/c1-14(2,3)11-6-4-5-10-9(7-12(15)16)8-17-13(10)11/h4-6,8H,7H2,1-3H3,(H,15,16). The highest BCUT2D eigenvalue weighted by Gasteiger charge is 2.19. The van der Waals surface area contributed by atoms with Crippen molar-refractivity contribution in [1.29, 1.82) is 0 Å². The van der Waals surface area contributed by atoms with Crippen LogP contribution in [0, 0.1) is 0 Å². The zero-order valence-corrected chi connectivity index (χ0v) is 11.1. The van der Waals surface area contributed by atoms with Crippen molar-refractivity contribution in [2.45, 2.75) is 32.6 Å². The molecule has 0 aliphatic carbocycles. The maximum Gasteiger partial charge on any atom is 0.307 e. The van der Waals surface area contributed by atoms with Crippen LogP contribution < -0.4 is 0 Å². The number of benzene rings is 1. The SMILES string of the molecule is CC(C)(C)c1cccc2c(CC(=O)O)csc12. The molecule has 3 heteroatoms. The minimum Gasteiger partial charge on any atom is -0.481 e. The van der Waals surface area contributed by atoms with Gasteiger partial charge in [0.1, 0.15) is 0 Å². The van der Waals surface area contributed by atoms with Gasteiger partial charge in [-0.05, 0) is 27.3 Å². The van der Waals surface area contributed by atoms with E-state index in [0.29, 0.717) is 0 Å². The first-order chi connectivity index (χ1) is 7.89. The number of hydrogen-bond acceptors (Lipinski definition) is 2. The van der Waals surface area contributed by atoms with E-state index in [1.54, 1.807) is 11.3 Å². The van der Waals surface area contributed by atoms with Crippen LogP contribution in [0.1, 0.15) is 31.9 Å². The molecule has 17 heavy (non-hydrogen) atoms. The lowest BCUT2D eigenvalue weighted by Crippen LogP contribution is -2.10. The molecule has 0 saturated heterocycles. The topological polar surface area (TPSA) is 37.3 Å². The lowest BCUT2D eigenvalue weighted by Gasteiger charge is -2.19. The molecule has 0 aliphatic heterocycles. The number of aliphatic carboxylic acids is 1. The highest BCUT2D eigenvalue weighted by molar-refractivity contribution is 7.17. The van der Waals surface area contributed by atoms with Gasteiger partial charge in [0.2, 0.25) is 0 Å². The van der Waals surface area contributed by atoms with Gasteiger partial charge in [-0.3, -0.25) is 4.79 Å². The number of hydrogen-bond donors (Lipinski definition) is 1.